The molecule has 4 aliphatic heterocycles. The zero-order chi connectivity index (χ0) is 65.8. The van der Waals surface area contributed by atoms with Gasteiger partial charge in [-0.05, 0) is 63.9 Å². The molecule has 93 heavy (non-hydrogen) atoms. The van der Waals surface area contributed by atoms with Gasteiger partial charge in [0.15, 0.2) is 0 Å². The van der Waals surface area contributed by atoms with Gasteiger partial charge >= 0.3 is 0 Å². The average molecular weight is 1340 g/mol. The second kappa shape index (κ2) is 35.9. The summed E-state index contributed by atoms with van der Waals surface area (Å²) in [7, 11) is 0. The van der Waals surface area contributed by atoms with Gasteiger partial charge in [-0.25, -0.2) is 0 Å². The highest BCUT2D eigenvalue weighted by molar-refractivity contribution is 6.20. The smallest absolute Gasteiger partial charge is 0.251 e. The molecule has 2 amide bonds. The average Bonchev–Trinajstić information content (AvgIpc) is 1.67. The quantitative estimate of drug-likeness (QED) is 0.0158. The lowest BCUT2D eigenvalue weighted by Crippen LogP contribution is -2.60. The molecule has 4 heterocycles. The first-order valence-corrected chi connectivity index (χ1v) is 32.0. The Kier molecular flexibility index (Phi) is 27.6. The summed E-state index contributed by atoms with van der Waals surface area (Å²) in [6.45, 7) is 5.35. The predicted octanol–water partition coefficient (Wildman–Crippen LogP) is 2.57. The standard InChI is InChI=1S/C66H83Cl2N3O22/c67-34-42-36-70(48-13-12-45-47(57(42)48)6-3-7-50(45)90-65-63(80)61(78)59(76)53(38-72)92-65)55(74)14-9-40-8-10-41(51(32-40)89-31-30-88-29-28-87-27-26-86-25-24-85-23-22-84-21-20-83-19-18-82-17-16-69)11-15-56(75)71-37-43(35-68)58-46-5-2-1-4-44(46)52(33-49(58)71)91-66-64(81)62(79)60(77)54(39-73)93-66/h1-15,32-33,42-43,53-54,59-66,72-73,76-81H,16-31,34-39,69H2/b14-9+,15-11+/t42-,43-,53-,54-,59+,60+,61+,62+,63-,64-,65-,66-/m1/s1. The van der Waals surface area contributed by atoms with Crippen LogP contribution in [0.2, 0.25) is 0 Å². The Hall–Kier alpha value is -5.70. The van der Waals surface area contributed by atoms with E-state index in [9.17, 15) is 50.4 Å². The maximum absolute atomic E-state index is 14.5. The van der Waals surface area contributed by atoms with Crippen molar-refractivity contribution in [3.05, 3.63) is 113 Å². The number of carbonyl (C=O) groups excluding carboxylic acids is 2. The van der Waals surface area contributed by atoms with Gasteiger partial charge in [-0.1, -0.05) is 48.5 Å². The van der Waals surface area contributed by atoms with Gasteiger partial charge in [-0.2, -0.15) is 0 Å². The fourth-order valence-corrected chi connectivity index (χ4v) is 11.9. The molecule has 2 fully saturated rings. The number of benzene rings is 5. The van der Waals surface area contributed by atoms with Crippen LogP contribution in [0.5, 0.6) is 17.2 Å². The molecule has 5 aromatic carbocycles. The second-order valence-electron chi connectivity index (χ2n) is 22.3. The molecule has 12 atom stereocenters. The molecule has 0 spiro atoms. The first-order valence-electron chi connectivity index (χ1n) is 31.0. The summed E-state index contributed by atoms with van der Waals surface area (Å²) in [6.07, 6.45) is -8.94. The Bertz CT molecular complexity index is 3270. The van der Waals surface area contributed by atoms with Crippen LogP contribution in [-0.2, 0) is 52.2 Å². The van der Waals surface area contributed by atoms with Crippen molar-refractivity contribution >= 4 is 80.1 Å². The molecule has 25 nitrogen and oxygen atoms in total. The molecule has 0 aromatic heterocycles. The van der Waals surface area contributed by atoms with Gasteiger partial charge in [0.1, 0.15) is 72.7 Å². The van der Waals surface area contributed by atoms with E-state index in [2.05, 4.69) is 0 Å². The van der Waals surface area contributed by atoms with Crippen LogP contribution < -0.4 is 29.7 Å². The minimum absolute atomic E-state index is 0.0999. The van der Waals surface area contributed by atoms with Gasteiger partial charge in [0, 0.05) is 83.5 Å². The number of hydrogen-bond acceptors (Lipinski definition) is 23. The number of nitrogens with zero attached hydrogens (tertiary/aromatic N) is 2. The Morgan fingerprint density at radius 2 is 0.935 bits per heavy atom. The third-order valence-corrected chi connectivity index (χ3v) is 16.9. The van der Waals surface area contributed by atoms with E-state index in [1.165, 1.54) is 12.2 Å². The molecule has 4 aliphatic rings. The van der Waals surface area contributed by atoms with Crippen LogP contribution in [0, 0.1) is 0 Å². The Morgan fingerprint density at radius 1 is 0.484 bits per heavy atom. The molecule has 2 saturated heterocycles. The van der Waals surface area contributed by atoms with Crippen molar-refractivity contribution in [1.82, 2.24) is 0 Å². The Labute approximate surface area is 548 Å². The Balaban J connectivity index is 0.850. The van der Waals surface area contributed by atoms with E-state index in [1.54, 1.807) is 82.6 Å². The van der Waals surface area contributed by atoms with E-state index >= 15 is 0 Å². The number of anilines is 2. The topological polar surface area (TPSA) is 339 Å². The van der Waals surface area contributed by atoms with Gasteiger partial charge in [0.2, 0.25) is 12.6 Å². The molecular formula is C66H83Cl2N3O22. The number of hydrogen-bond donors (Lipinski definition) is 9. The van der Waals surface area contributed by atoms with Crippen molar-refractivity contribution in [2.75, 3.05) is 154 Å². The van der Waals surface area contributed by atoms with Crippen LogP contribution in [0.15, 0.2) is 91.0 Å². The minimum Gasteiger partial charge on any atom is -0.491 e. The maximum atomic E-state index is 14.5. The number of fused-ring (bicyclic) bond motifs is 6. The molecule has 0 aliphatic carbocycles. The summed E-state index contributed by atoms with van der Waals surface area (Å²) in [5.41, 5.74) is 9.22. The third kappa shape index (κ3) is 18.1. The van der Waals surface area contributed by atoms with E-state index in [1.807, 2.05) is 18.2 Å². The SMILES string of the molecule is NCCOCCOCCOCCOCCOCCOCCOCCOc1cc(/C=C/C(=O)N2C[C@@H](CCl)c3c2ccc2c(O[C@@H]4O[C@H](CO)[C@H](O)[C@H](O)[C@H]4O)cccc32)ccc1/C=C/C(=O)N1C[C@@H](CCl)c2c1cc(O[C@@H]1O[C@H](CO)[C@H](O)[C@H](O)[C@H]1O)c1ccccc21. The molecule has 0 saturated carbocycles. The number of alkyl halides is 2. The van der Waals surface area contributed by atoms with Gasteiger partial charge in [0.05, 0.1) is 111 Å². The first kappa shape index (κ1) is 71.6. The third-order valence-electron chi connectivity index (χ3n) is 16.2. The van der Waals surface area contributed by atoms with Crippen LogP contribution in [-0.4, -0.2) is 258 Å². The second-order valence-corrected chi connectivity index (χ2v) is 22.9. The number of amides is 2. The van der Waals surface area contributed by atoms with Crippen LogP contribution in [0.3, 0.4) is 0 Å². The lowest BCUT2D eigenvalue weighted by atomic mass is 9.95. The zero-order valence-electron chi connectivity index (χ0n) is 51.3. The van der Waals surface area contributed by atoms with Gasteiger partial charge in [-0.15, -0.1) is 23.2 Å². The van der Waals surface area contributed by atoms with Gasteiger partial charge in [-0.3, -0.25) is 9.59 Å². The van der Waals surface area contributed by atoms with Crippen molar-refractivity contribution in [2.45, 2.75) is 73.2 Å². The van der Waals surface area contributed by atoms with E-state index in [-0.39, 0.29) is 68.2 Å². The molecule has 27 heteroatoms. The summed E-state index contributed by atoms with van der Waals surface area (Å²) in [6, 6.07) is 23.0. The number of aliphatic hydroxyl groups excluding tert-OH is 8. The van der Waals surface area contributed by atoms with Crippen molar-refractivity contribution in [3.8, 4) is 17.2 Å². The highest BCUT2D eigenvalue weighted by atomic mass is 35.5. The van der Waals surface area contributed by atoms with Crippen LogP contribution in [0.25, 0.3) is 33.7 Å². The van der Waals surface area contributed by atoms with Gasteiger partial charge in [0.25, 0.3) is 11.8 Å². The minimum atomic E-state index is -1.68. The summed E-state index contributed by atoms with van der Waals surface area (Å²) in [5.74, 6) is -0.0904. The zero-order valence-corrected chi connectivity index (χ0v) is 52.8. The number of nitrogens with two attached hydrogens (primary N) is 1. The van der Waals surface area contributed by atoms with Gasteiger partial charge < -0.3 is 113 Å². The van der Waals surface area contributed by atoms with E-state index in [4.69, 9.17) is 85.8 Å². The molecule has 508 valence electrons. The Morgan fingerprint density at radius 3 is 1.45 bits per heavy atom. The first-order chi connectivity index (χ1) is 45.3. The normalized spacial score (nSPS) is 24.6. The van der Waals surface area contributed by atoms with Crippen LogP contribution in [0.4, 0.5) is 11.4 Å². The monoisotopic (exact) mass is 1340 g/mol. The summed E-state index contributed by atoms with van der Waals surface area (Å²) < 4.78 is 68.8. The van der Waals surface area contributed by atoms with Crippen molar-refractivity contribution < 1.29 is 107 Å². The number of halogens is 2. The van der Waals surface area contributed by atoms with E-state index in [0.29, 0.717) is 131 Å². The van der Waals surface area contributed by atoms with E-state index < -0.39 is 80.5 Å². The van der Waals surface area contributed by atoms with Crippen molar-refractivity contribution in [3.63, 3.8) is 0 Å². The lowest BCUT2D eigenvalue weighted by molar-refractivity contribution is -0.277. The summed E-state index contributed by atoms with van der Waals surface area (Å²) in [5, 5.41) is 85.7. The number of ether oxygens (including phenoxy) is 12. The molecular weight excluding hydrogens is 1260 g/mol. The molecule has 0 unspecified atom stereocenters. The molecule has 9 rings (SSSR count). The highest BCUT2D eigenvalue weighted by Crippen LogP contribution is 2.47. The predicted molar refractivity (Wildman–Crippen MR) is 343 cm³/mol. The fourth-order valence-electron chi connectivity index (χ4n) is 11.4. The van der Waals surface area contributed by atoms with Crippen LogP contribution >= 0.6 is 23.2 Å². The number of aliphatic hydroxyl groups is 8. The summed E-state index contributed by atoms with van der Waals surface area (Å²) in [4.78, 5) is 32.0. The number of rotatable bonds is 36. The summed E-state index contributed by atoms with van der Waals surface area (Å²) >= 11 is 13.2. The van der Waals surface area contributed by atoms with E-state index in [0.717, 1.165) is 21.9 Å². The molecule has 0 radical (unpaired) electrons. The number of carbonyl (C=O) groups is 2. The molecule has 10 N–H and O–H groups in total. The fraction of sp³-hybridized carbons (Fsp3) is 0.515. The maximum Gasteiger partial charge on any atom is 0.251 e. The largest absolute Gasteiger partial charge is 0.491 e. The van der Waals surface area contributed by atoms with Crippen LogP contribution in [0.1, 0.15) is 34.1 Å². The molecule has 5 aromatic rings. The van der Waals surface area contributed by atoms with Crippen molar-refractivity contribution in [2.24, 2.45) is 5.73 Å². The highest BCUT2D eigenvalue weighted by Gasteiger charge is 2.47. The lowest BCUT2D eigenvalue weighted by Gasteiger charge is -2.39. The molecule has 0 bridgehead atoms. The van der Waals surface area contributed by atoms with Crippen molar-refractivity contribution in [1.29, 1.82) is 0 Å².